The van der Waals surface area contributed by atoms with Gasteiger partial charge in [-0.1, -0.05) is 72.8 Å². The van der Waals surface area contributed by atoms with Crippen LogP contribution in [0.5, 0.6) is 0 Å². The molecule has 0 radical (unpaired) electrons. The summed E-state index contributed by atoms with van der Waals surface area (Å²) in [5, 5.41) is 21.8. The van der Waals surface area contributed by atoms with Crippen LogP contribution < -0.4 is 10.4 Å². The van der Waals surface area contributed by atoms with Crippen molar-refractivity contribution in [2.45, 2.75) is 12.5 Å². The first-order valence-electron chi connectivity index (χ1n) is 11.7. The molecule has 4 aromatic carbocycles. The van der Waals surface area contributed by atoms with Gasteiger partial charge in [0.15, 0.2) is 0 Å². The quantitative estimate of drug-likeness (QED) is 0.204. The third-order valence-corrected chi connectivity index (χ3v) is 6.08. The zero-order valence-corrected chi connectivity index (χ0v) is 19.8. The fourth-order valence-electron chi connectivity index (χ4n) is 4.17. The van der Waals surface area contributed by atoms with E-state index in [0.717, 1.165) is 28.9 Å². The number of nitrogens with zero attached hydrogens (tertiary/aromatic N) is 4. The number of carbonyl (C=O) groups is 1. The van der Waals surface area contributed by atoms with Gasteiger partial charge in [-0.3, -0.25) is 19.9 Å². The van der Waals surface area contributed by atoms with Gasteiger partial charge in [0.2, 0.25) is 0 Å². The summed E-state index contributed by atoms with van der Waals surface area (Å²) in [6, 6.07) is 33.7. The number of hydrazone groups is 2. The highest BCUT2D eigenvalue weighted by molar-refractivity contribution is 6.03. The largest absolute Gasteiger partial charge is 0.271 e. The normalized spacial score (nSPS) is 15.0. The average molecular weight is 490 g/mol. The van der Waals surface area contributed by atoms with Gasteiger partial charge in [-0.05, 0) is 41.0 Å². The van der Waals surface area contributed by atoms with Crippen LogP contribution in [-0.4, -0.2) is 22.8 Å². The van der Waals surface area contributed by atoms with Gasteiger partial charge in [-0.25, -0.2) is 5.43 Å². The van der Waals surface area contributed by atoms with E-state index in [4.69, 9.17) is 5.10 Å². The van der Waals surface area contributed by atoms with Crippen LogP contribution in [0, 0.1) is 10.1 Å². The van der Waals surface area contributed by atoms with Crippen molar-refractivity contribution in [3.63, 3.8) is 0 Å². The molecule has 0 bridgehead atoms. The minimum absolute atomic E-state index is 0.0760. The van der Waals surface area contributed by atoms with Crippen LogP contribution in [0.1, 0.15) is 39.5 Å². The van der Waals surface area contributed by atoms with E-state index in [0.29, 0.717) is 0 Å². The summed E-state index contributed by atoms with van der Waals surface area (Å²) in [7, 11) is 0. The van der Waals surface area contributed by atoms with Gasteiger partial charge in [-0.2, -0.15) is 10.2 Å². The van der Waals surface area contributed by atoms with Crippen molar-refractivity contribution in [1.82, 2.24) is 5.43 Å². The molecule has 8 heteroatoms. The minimum atomic E-state index is -0.512. The molecule has 1 aliphatic heterocycles. The number of anilines is 1. The van der Waals surface area contributed by atoms with Gasteiger partial charge < -0.3 is 0 Å². The first-order valence-corrected chi connectivity index (χ1v) is 11.7. The predicted molar refractivity (Wildman–Crippen MR) is 144 cm³/mol. The predicted octanol–water partition coefficient (Wildman–Crippen LogP) is 5.71. The second-order valence-electron chi connectivity index (χ2n) is 8.48. The maximum absolute atomic E-state index is 12.2. The van der Waals surface area contributed by atoms with E-state index in [1.807, 2.05) is 60.7 Å². The average Bonchev–Trinajstić information content (AvgIpc) is 3.40. The topological polar surface area (TPSA) is 100 Å². The Labute approximate surface area is 213 Å². The molecular formula is C29H23N5O3. The Hall–Kier alpha value is -5.11. The number of non-ortho nitro benzene ring substituents is 1. The van der Waals surface area contributed by atoms with E-state index in [2.05, 4.69) is 39.8 Å². The van der Waals surface area contributed by atoms with Crippen LogP contribution in [0.3, 0.4) is 0 Å². The summed E-state index contributed by atoms with van der Waals surface area (Å²) in [6.07, 6.45) is 2.34. The number of hydrogen-bond acceptors (Lipinski definition) is 6. The molecule has 1 N–H and O–H groups in total. The lowest BCUT2D eigenvalue weighted by atomic mass is 9.98. The number of rotatable bonds is 7. The Morgan fingerprint density at radius 2 is 1.57 bits per heavy atom. The SMILES string of the molecule is O=C(NN=Cc1ccc(N2N=C(c3ccccc3)CC2c2ccccc2)cc1)c1ccc([N+](=O)[O-])cc1. The fraction of sp³-hybridized carbons (Fsp3) is 0.0690. The standard InChI is InChI=1S/C29H23N5O3/c35-29(24-13-17-26(18-14-24)34(36)37)31-30-20-21-11-15-25(16-12-21)33-28(23-9-5-2-6-10-23)19-27(32-33)22-7-3-1-4-8-22/h1-18,20,28H,19H2,(H,31,35). The molecule has 37 heavy (non-hydrogen) atoms. The van der Waals surface area contributed by atoms with Crippen molar-refractivity contribution >= 4 is 29.2 Å². The maximum atomic E-state index is 12.2. The lowest BCUT2D eigenvalue weighted by Gasteiger charge is -2.24. The molecule has 1 aliphatic rings. The maximum Gasteiger partial charge on any atom is 0.271 e. The van der Waals surface area contributed by atoms with Crippen LogP contribution in [0.4, 0.5) is 11.4 Å². The molecule has 8 nitrogen and oxygen atoms in total. The van der Waals surface area contributed by atoms with Crippen molar-refractivity contribution in [1.29, 1.82) is 0 Å². The number of nitrogens with one attached hydrogen (secondary N) is 1. The molecule has 4 aromatic rings. The molecule has 1 unspecified atom stereocenters. The van der Waals surface area contributed by atoms with Crippen LogP contribution >= 0.6 is 0 Å². The summed E-state index contributed by atoms with van der Waals surface area (Å²) in [6.45, 7) is 0. The smallest absolute Gasteiger partial charge is 0.267 e. The van der Waals surface area contributed by atoms with E-state index in [1.165, 1.54) is 29.8 Å². The number of carbonyl (C=O) groups excluding carboxylic acids is 1. The summed E-state index contributed by atoms with van der Waals surface area (Å²) in [5.41, 5.74) is 7.74. The third kappa shape index (κ3) is 5.43. The lowest BCUT2D eigenvalue weighted by molar-refractivity contribution is -0.384. The van der Waals surface area contributed by atoms with Crippen molar-refractivity contribution in [2.75, 3.05) is 5.01 Å². The Balaban J connectivity index is 1.30. The lowest BCUT2D eigenvalue weighted by Crippen LogP contribution is -2.18. The zero-order valence-electron chi connectivity index (χ0n) is 19.8. The summed E-state index contributed by atoms with van der Waals surface area (Å²) in [5.74, 6) is -0.451. The first-order chi connectivity index (χ1) is 18.1. The van der Waals surface area contributed by atoms with E-state index in [-0.39, 0.29) is 17.3 Å². The van der Waals surface area contributed by atoms with Gasteiger partial charge in [0.25, 0.3) is 11.6 Å². The number of nitro groups is 1. The molecule has 0 aliphatic carbocycles. The molecule has 182 valence electrons. The van der Waals surface area contributed by atoms with Crippen LogP contribution in [-0.2, 0) is 0 Å². The molecule has 5 rings (SSSR count). The molecule has 1 amide bonds. The molecule has 0 spiro atoms. The van der Waals surface area contributed by atoms with Gasteiger partial charge >= 0.3 is 0 Å². The monoisotopic (exact) mass is 489 g/mol. The second kappa shape index (κ2) is 10.7. The van der Waals surface area contributed by atoms with Gasteiger partial charge in [0.05, 0.1) is 28.6 Å². The van der Waals surface area contributed by atoms with Crippen molar-refractivity contribution in [3.8, 4) is 0 Å². The molecule has 1 atom stereocenters. The highest BCUT2D eigenvalue weighted by atomic mass is 16.6. The van der Waals surface area contributed by atoms with Crippen molar-refractivity contribution in [3.05, 3.63) is 142 Å². The molecule has 1 heterocycles. The highest BCUT2D eigenvalue weighted by Crippen LogP contribution is 2.36. The van der Waals surface area contributed by atoms with Crippen molar-refractivity contribution in [2.24, 2.45) is 10.2 Å². The fourth-order valence-corrected chi connectivity index (χ4v) is 4.17. The Morgan fingerprint density at radius 3 is 2.22 bits per heavy atom. The van der Waals surface area contributed by atoms with Gasteiger partial charge in [0.1, 0.15) is 0 Å². The number of amides is 1. The second-order valence-corrected chi connectivity index (χ2v) is 8.48. The highest BCUT2D eigenvalue weighted by Gasteiger charge is 2.29. The van der Waals surface area contributed by atoms with Crippen LogP contribution in [0.2, 0.25) is 0 Å². The first kappa shape index (κ1) is 23.6. The molecule has 0 aromatic heterocycles. The molecule has 0 saturated carbocycles. The number of hydrogen-bond donors (Lipinski definition) is 1. The number of nitro benzene ring substituents is 1. The Bertz CT molecular complexity index is 1450. The Kier molecular flexibility index (Phi) is 6.80. The third-order valence-electron chi connectivity index (χ3n) is 6.08. The zero-order chi connectivity index (χ0) is 25.6. The Morgan fingerprint density at radius 1 is 0.919 bits per heavy atom. The van der Waals surface area contributed by atoms with E-state index in [9.17, 15) is 14.9 Å². The van der Waals surface area contributed by atoms with Gasteiger partial charge in [0, 0.05) is 24.1 Å². The summed E-state index contributed by atoms with van der Waals surface area (Å²) in [4.78, 5) is 22.5. The van der Waals surface area contributed by atoms with E-state index < -0.39 is 10.8 Å². The van der Waals surface area contributed by atoms with E-state index in [1.54, 1.807) is 6.21 Å². The summed E-state index contributed by atoms with van der Waals surface area (Å²) < 4.78 is 0. The molecular weight excluding hydrogens is 466 g/mol. The van der Waals surface area contributed by atoms with Crippen molar-refractivity contribution < 1.29 is 9.72 Å². The van der Waals surface area contributed by atoms with Crippen LogP contribution in [0.25, 0.3) is 0 Å². The molecule has 0 saturated heterocycles. The van der Waals surface area contributed by atoms with Crippen LogP contribution in [0.15, 0.2) is 119 Å². The van der Waals surface area contributed by atoms with E-state index >= 15 is 0 Å². The molecule has 0 fully saturated rings. The van der Waals surface area contributed by atoms with Gasteiger partial charge in [-0.15, -0.1) is 0 Å². The minimum Gasteiger partial charge on any atom is -0.267 e. The number of benzene rings is 4. The summed E-state index contributed by atoms with van der Waals surface area (Å²) >= 11 is 0.